The zero-order valence-electron chi connectivity index (χ0n) is 23.8. The van der Waals surface area contributed by atoms with E-state index >= 15 is 8.78 Å². The minimum Gasteiger partial charge on any atom is -0.490 e. The molecule has 1 aliphatic rings. The first-order valence-electron chi connectivity index (χ1n) is 14.5. The van der Waals surface area contributed by atoms with Crippen LogP contribution in [0.1, 0.15) is 80.1 Å². The van der Waals surface area contributed by atoms with Gasteiger partial charge in [-0.15, -0.1) is 6.58 Å². The Kier molecular flexibility index (Phi) is 11.2. The fourth-order valence-electron chi connectivity index (χ4n) is 5.11. The van der Waals surface area contributed by atoms with E-state index in [1.165, 1.54) is 30.3 Å². The molecule has 0 atom stereocenters. The minimum absolute atomic E-state index is 0.0312. The predicted molar refractivity (Wildman–Crippen MR) is 154 cm³/mol. The molecule has 3 aromatic carbocycles. The fourth-order valence-corrected chi connectivity index (χ4v) is 5.11. The number of hydrogen-bond acceptors (Lipinski definition) is 4. The molecular weight excluding hydrogens is 548 g/mol. The molecule has 0 radical (unpaired) electrons. The number of hydrogen-bond donors (Lipinski definition) is 0. The first-order chi connectivity index (χ1) is 20.3. The van der Waals surface area contributed by atoms with E-state index in [0.29, 0.717) is 24.0 Å². The standard InChI is InChI=1S/C34H36F4O4/c1-3-5-7-21-41-29-19-18-28(32(37)33(29)38)34(39)42-25-14-10-23(11-15-25)27-17-16-26(30(35)31(27)36)22-8-12-24(13-9-22)40-20-6-4-2/h3,10-11,14-19,22,24H,1,4-9,12-13,20-21H2,2H3. The van der Waals surface area contributed by atoms with Crippen LogP contribution in [0.4, 0.5) is 17.6 Å². The molecule has 0 aromatic heterocycles. The zero-order valence-corrected chi connectivity index (χ0v) is 23.8. The van der Waals surface area contributed by atoms with Crippen molar-refractivity contribution >= 4 is 5.97 Å². The van der Waals surface area contributed by atoms with E-state index in [4.69, 9.17) is 14.2 Å². The number of ether oxygens (including phenoxy) is 3. The fraction of sp³-hybridized carbons (Fsp3) is 0.382. The summed E-state index contributed by atoms with van der Waals surface area (Å²) in [6.07, 6.45) is 8.32. The Balaban J connectivity index is 1.39. The van der Waals surface area contributed by atoms with Gasteiger partial charge < -0.3 is 14.2 Å². The first-order valence-corrected chi connectivity index (χ1v) is 14.5. The largest absolute Gasteiger partial charge is 0.490 e. The van der Waals surface area contributed by atoms with Gasteiger partial charge in [0.15, 0.2) is 23.2 Å². The van der Waals surface area contributed by atoms with Crippen LogP contribution in [0, 0.1) is 23.3 Å². The Labute approximate surface area is 244 Å². The summed E-state index contributed by atoms with van der Waals surface area (Å²) in [5, 5.41) is 0. The summed E-state index contributed by atoms with van der Waals surface area (Å²) in [5.41, 5.74) is 0.222. The Morgan fingerprint density at radius 1 is 0.857 bits per heavy atom. The number of halogens is 4. The third-order valence-electron chi connectivity index (χ3n) is 7.53. The van der Waals surface area contributed by atoms with E-state index in [0.717, 1.165) is 51.2 Å². The normalized spacial score (nSPS) is 16.7. The van der Waals surface area contributed by atoms with Crippen molar-refractivity contribution in [3.05, 3.63) is 95.6 Å². The molecule has 3 aromatic rings. The van der Waals surface area contributed by atoms with Crippen molar-refractivity contribution in [2.75, 3.05) is 13.2 Å². The summed E-state index contributed by atoms with van der Waals surface area (Å²) in [6, 6.07) is 11.1. The lowest BCUT2D eigenvalue weighted by atomic mass is 9.82. The molecule has 1 fully saturated rings. The molecule has 0 heterocycles. The van der Waals surface area contributed by atoms with Crippen molar-refractivity contribution in [3.8, 4) is 22.6 Å². The van der Waals surface area contributed by atoms with Gasteiger partial charge in [0.2, 0.25) is 5.82 Å². The van der Waals surface area contributed by atoms with E-state index in [1.807, 2.05) is 0 Å². The molecule has 0 spiro atoms. The van der Waals surface area contributed by atoms with E-state index in [-0.39, 0.29) is 35.7 Å². The highest BCUT2D eigenvalue weighted by Gasteiger charge is 2.27. The van der Waals surface area contributed by atoms with Crippen molar-refractivity contribution < 1.29 is 36.6 Å². The summed E-state index contributed by atoms with van der Waals surface area (Å²) in [7, 11) is 0. The molecule has 0 saturated heterocycles. The van der Waals surface area contributed by atoms with Gasteiger partial charge in [-0.2, -0.15) is 4.39 Å². The van der Waals surface area contributed by atoms with Crippen LogP contribution in [0.5, 0.6) is 11.5 Å². The molecule has 4 nitrogen and oxygen atoms in total. The van der Waals surface area contributed by atoms with E-state index in [1.54, 1.807) is 18.2 Å². The van der Waals surface area contributed by atoms with Gasteiger partial charge in [0.25, 0.3) is 0 Å². The van der Waals surface area contributed by atoms with E-state index in [9.17, 15) is 13.6 Å². The van der Waals surface area contributed by atoms with Crippen LogP contribution in [0.25, 0.3) is 11.1 Å². The maximum absolute atomic E-state index is 15.2. The second-order valence-corrected chi connectivity index (χ2v) is 10.5. The highest BCUT2D eigenvalue weighted by molar-refractivity contribution is 5.91. The maximum Gasteiger partial charge on any atom is 0.346 e. The lowest BCUT2D eigenvalue weighted by molar-refractivity contribution is 0.0230. The number of rotatable bonds is 13. The van der Waals surface area contributed by atoms with Gasteiger partial charge in [-0.05, 0) is 86.3 Å². The number of allylic oxidation sites excluding steroid dienone is 1. The van der Waals surface area contributed by atoms with Crippen molar-refractivity contribution in [1.29, 1.82) is 0 Å². The molecule has 8 heteroatoms. The molecule has 0 bridgehead atoms. The van der Waals surface area contributed by atoms with Crippen LogP contribution in [0.15, 0.2) is 61.2 Å². The Morgan fingerprint density at radius 2 is 1.60 bits per heavy atom. The molecule has 1 aliphatic carbocycles. The molecule has 224 valence electrons. The van der Waals surface area contributed by atoms with Gasteiger partial charge in [-0.1, -0.05) is 43.7 Å². The molecule has 4 rings (SSSR count). The minimum atomic E-state index is -1.38. The van der Waals surface area contributed by atoms with E-state index in [2.05, 4.69) is 13.5 Å². The molecule has 42 heavy (non-hydrogen) atoms. The lowest BCUT2D eigenvalue weighted by Crippen LogP contribution is -2.22. The highest BCUT2D eigenvalue weighted by atomic mass is 19.2. The zero-order chi connectivity index (χ0) is 30.1. The van der Waals surface area contributed by atoms with Crippen LogP contribution in [-0.2, 0) is 4.74 Å². The quantitative estimate of drug-likeness (QED) is 0.0660. The second-order valence-electron chi connectivity index (χ2n) is 10.5. The summed E-state index contributed by atoms with van der Waals surface area (Å²) < 4.78 is 75.6. The van der Waals surface area contributed by atoms with Crippen molar-refractivity contribution in [3.63, 3.8) is 0 Å². The average molecular weight is 585 g/mol. The van der Waals surface area contributed by atoms with Crippen LogP contribution in [0.3, 0.4) is 0 Å². The molecule has 0 aliphatic heterocycles. The summed E-state index contributed by atoms with van der Waals surface area (Å²) >= 11 is 0. The van der Waals surface area contributed by atoms with Gasteiger partial charge in [0, 0.05) is 12.2 Å². The monoisotopic (exact) mass is 584 g/mol. The van der Waals surface area contributed by atoms with Crippen molar-refractivity contribution in [2.45, 2.75) is 70.3 Å². The molecule has 0 N–H and O–H groups in total. The van der Waals surface area contributed by atoms with Gasteiger partial charge in [0.1, 0.15) is 5.75 Å². The molecule has 0 unspecified atom stereocenters. The molecular formula is C34H36F4O4. The SMILES string of the molecule is C=CCCCOc1ccc(C(=O)Oc2ccc(-c3ccc(C4CCC(OCCCC)CC4)c(F)c3F)cc2)c(F)c1F. The predicted octanol–water partition coefficient (Wildman–Crippen LogP) is 9.32. The number of benzene rings is 3. The average Bonchev–Trinajstić information content (AvgIpc) is 3.00. The van der Waals surface area contributed by atoms with Crippen LogP contribution in [-0.4, -0.2) is 25.3 Å². The van der Waals surface area contributed by atoms with Gasteiger partial charge in [0.05, 0.1) is 18.3 Å². The Morgan fingerprint density at radius 3 is 2.29 bits per heavy atom. The number of carbonyl (C=O) groups excluding carboxylic acids is 1. The Hall–Kier alpha value is -3.65. The van der Waals surface area contributed by atoms with Crippen LogP contribution >= 0.6 is 0 Å². The first kappa shape index (κ1) is 31.3. The number of unbranched alkanes of at least 4 members (excludes halogenated alkanes) is 2. The third-order valence-corrected chi connectivity index (χ3v) is 7.53. The lowest BCUT2D eigenvalue weighted by Gasteiger charge is -2.29. The molecule has 0 amide bonds. The smallest absolute Gasteiger partial charge is 0.346 e. The van der Waals surface area contributed by atoms with Crippen molar-refractivity contribution in [2.24, 2.45) is 0 Å². The molecule has 1 saturated carbocycles. The Bertz CT molecular complexity index is 1360. The number of esters is 1. The van der Waals surface area contributed by atoms with Crippen molar-refractivity contribution in [1.82, 2.24) is 0 Å². The second kappa shape index (κ2) is 15.0. The maximum atomic E-state index is 15.2. The third kappa shape index (κ3) is 7.59. The van der Waals surface area contributed by atoms with Gasteiger partial charge in [-0.25, -0.2) is 18.0 Å². The summed E-state index contributed by atoms with van der Waals surface area (Å²) in [4.78, 5) is 12.5. The van der Waals surface area contributed by atoms with Gasteiger partial charge >= 0.3 is 5.97 Å². The van der Waals surface area contributed by atoms with Crippen LogP contribution < -0.4 is 9.47 Å². The number of carbonyl (C=O) groups is 1. The topological polar surface area (TPSA) is 44.8 Å². The van der Waals surface area contributed by atoms with E-state index < -0.39 is 34.8 Å². The highest BCUT2D eigenvalue weighted by Crippen LogP contribution is 2.38. The van der Waals surface area contributed by atoms with Crippen LogP contribution in [0.2, 0.25) is 0 Å². The van der Waals surface area contributed by atoms with Gasteiger partial charge in [-0.3, -0.25) is 0 Å². The summed E-state index contributed by atoms with van der Waals surface area (Å²) in [5.74, 6) is -5.91. The summed E-state index contributed by atoms with van der Waals surface area (Å²) in [6.45, 7) is 6.60.